The van der Waals surface area contributed by atoms with Crippen molar-refractivity contribution < 1.29 is 4.74 Å². The van der Waals surface area contributed by atoms with Gasteiger partial charge in [-0.15, -0.1) is 0 Å². The molecule has 0 amide bonds. The molecule has 3 unspecified atom stereocenters. The van der Waals surface area contributed by atoms with Crippen molar-refractivity contribution in [3.05, 3.63) is 0 Å². The SMILES string of the molecule is COCC(CN)N1CCCC2CCCCC21. The molecule has 1 saturated carbocycles. The number of hydrogen-bond donors (Lipinski definition) is 1. The van der Waals surface area contributed by atoms with E-state index in [0.717, 1.165) is 25.1 Å². The van der Waals surface area contributed by atoms with Gasteiger partial charge in [0, 0.05) is 25.7 Å². The Labute approximate surface area is 99.3 Å². The molecule has 3 nitrogen and oxygen atoms in total. The van der Waals surface area contributed by atoms with Gasteiger partial charge >= 0.3 is 0 Å². The molecule has 0 spiro atoms. The smallest absolute Gasteiger partial charge is 0.0630 e. The predicted molar refractivity (Wildman–Crippen MR) is 66.4 cm³/mol. The minimum atomic E-state index is 0.441. The van der Waals surface area contributed by atoms with E-state index in [2.05, 4.69) is 4.90 Å². The highest BCUT2D eigenvalue weighted by Crippen LogP contribution is 2.36. The Morgan fingerprint density at radius 3 is 2.75 bits per heavy atom. The summed E-state index contributed by atoms with van der Waals surface area (Å²) < 4.78 is 5.31. The monoisotopic (exact) mass is 226 g/mol. The second-order valence-electron chi connectivity index (χ2n) is 5.34. The van der Waals surface area contributed by atoms with Crippen LogP contribution in [0.3, 0.4) is 0 Å². The largest absolute Gasteiger partial charge is 0.383 e. The standard InChI is InChI=1S/C13H26N2O/c1-16-10-12(9-14)15-8-4-6-11-5-2-3-7-13(11)15/h11-13H,2-10,14H2,1H3. The number of fused-ring (bicyclic) bond motifs is 1. The van der Waals surface area contributed by atoms with Gasteiger partial charge in [0.1, 0.15) is 0 Å². The maximum atomic E-state index is 5.89. The highest BCUT2D eigenvalue weighted by Gasteiger charge is 2.35. The van der Waals surface area contributed by atoms with Gasteiger partial charge < -0.3 is 10.5 Å². The first-order valence-electron chi connectivity index (χ1n) is 6.81. The average molecular weight is 226 g/mol. The fourth-order valence-corrected chi connectivity index (χ4v) is 3.61. The number of likely N-dealkylation sites (tertiary alicyclic amines) is 1. The summed E-state index contributed by atoms with van der Waals surface area (Å²) in [5.41, 5.74) is 5.89. The topological polar surface area (TPSA) is 38.5 Å². The predicted octanol–water partition coefficient (Wildman–Crippen LogP) is 1.61. The fourth-order valence-electron chi connectivity index (χ4n) is 3.61. The van der Waals surface area contributed by atoms with Crippen LogP contribution in [0.15, 0.2) is 0 Å². The molecule has 3 atom stereocenters. The molecule has 0 aromatic carbocycles. The van der Waals surface area contributed by atoms with E-state index in [0.29, 0.717) is 6.04 Å². The Bertz CT molecular complexity index is 208. The molecule has 16 heavy (non-hydrogen) atoms. The molecule has 2 fully saturated rings. The summed E-state index contributed by atoms with van der Waals surface area (Å²) in [6.07, 6.45) is 8.44. The summed E-state index contributed by atoms with van der Waals surface area (Å²) in [5.74, 6) is 0.938. The first-order valence-corrected chi connectivity index (χ1v) is 6.81. The van der Waals surface area contributed by atoms with Crippen LogP contribution in [0.2, 0.25) is 0 Å². The highest BCUT2D eigenvalue weighted by atomic mass is 16.5. The first kappa shape index (κ1) is 12.3. The van der Waals surface area contributed by atoms with Gasteiger partial charge in [0.15, 0.2) is 0 Å². The highest BCUT2D eigenvalue weighted by molar-refractivity contribution is 4.90. The van der Waals surface area contributed by atoms with Crippen molar-refractivity contribution >= 4 is 0 Å². The summed E-state index contributed by atoms with van der Waals surface area (Å²) in [6.45, 7) is 2.75. The lowest BCUT2D eigenvalue weighted by molar-refractivity contribution is -0.000135. The van der Waals surface area contributed by atoms with E-state index in [9.17, 15) is 0 Å². The van der Waals surface area contributed by atoms with Crippen LogP contribution in [0.5, 0.6) is 0 Å². The molecule has 94 valence electrons. The van der Waals surface area contributed by atoms with Crippen molar-refractivity contribution in [2.45, 2.75) is 50.6 Å². The lowest BCUT2D eigenvalue weighted by Gasteiger charge is -2.47. The Kier molecular flexibility index (Phi) is 4.62. The van der Waals surface area contributed by atoms with Crippen molar-refractivity contribution in [3.8, 4) is 0 Å². The van der Waals surface area contributed by atoms with E-state index in [1.165, 1.54) is 45.1 Å². The van der Waals surface area contributed by atoms with E-state index >= 15 is 0 Å². The summed E-state index contributed by atoms with van der Waals surface area (Å²) in [7, 11) is 1.78. The van der Waals surface area contributed by atoms with Crippen LogP contribution >= 0.6 is 0 Å². The van der Waals surface area contributed by atoms with Crippen LogP contribution in [-0.4, -0.2) is 43.8 Å². The molecule has 1 aliphatic carbocycles. The number of nitrogens with two attached hydrogens (primary N) is 1. The van der Waals surface area contributed by atoms with Gasteiger partial charge in [0.05, 0.1) is 6.61 Å². The van der Waals surface area contributed by atoms with Crippen molar-refractivity contribution in [1.82, 2.24) is 4.90 Å². The van der Waals surface area contributed by atoms with Gasteiger partial charge in [0.2, 0.25) is 0 Å². The third-order valence-corrected chi connectivity index (χ3v) is 4.39. The summed E-state index contributed by atoms with van der Waals surface area (Å²) >= 11 is 0. The lowest BCUT2D eigenvalue weighted by Crippen LogP contribution is -2.55. The summed E-state index contributed by atoms with van der Waals surface area (Å²) in [6, 6.07) is 1.24. The number of methoxy groups -OCH3 is 1. The van der Waals surface area contributed by atoms with Gasteiger partial charge in [-0.25, -0.2) is 0 Å². The molecule has 1 heterocycles. The van der Waals surface area contributed by atoms with Gasteiger partial charge in [-0.1, -0.05) is 12.8 Å². The fraction of sp³-hybridized carbons (Fsp3) is 1.00. The molecule has 1 aliphatic heterocycles. The maximum Gasteiger partial charge on any atom is 0.0630 e. The Morgan fingerprint density at radius 2 is 2.00 bits per heavy atom. The minimum absolute atomic E-state index is 0.441. The number of hydrogen-bond acceptors (Lipinski definition) is 3. The van der Waals surface area contributed by atoms with E-state index in [1.807, 2.05) is 0 Å². The van der Waals surface area contributed by atoms with Crippen molar-refractivity contribution in [1.29, 1.82) is 0 Å². The third-order valence-electron chi connectivity index (χ3n) is 4.39. The van der Waals surface area contributed by atoms with Gasteiger partial charge in [-0.05, 0) is 38.1 Å². The number of piperidine rings is 1. The second kappa shape index (κ2) is 5.99. The molecule has 2 aliphatic rings. The van der Waals surface area contributed by atoms with Crippen LogP contribution in [0.4, 0.5) is 0 Å². The van der Waals surface area contributed by atoms with E-state index in [4.69, 9.17) is 10.5 Å². The second-order valence-corrected chi connectivity index (χ2v) is 5.34. The van der Waals surface area contributed by atoms with Crippen LogP contribution in [0.1, 0.15) is 38.5 Å². The van der Waals surface area contributed by atoms with Crippen LogP contribution in [-0.2, 0) is 4.74 Å². The Balaban J connectivity index is 2.00. The number of ether oxygens (including phenoxy) is 1. The van der Waals surface area contributed by atoms with Crippen LogP contribution in [0, 0.1) is 5.92 Å². The van der Waals surface area contributed by atoms with E-state index < -0.39 is 0 Å². The van der Waals surface area contributed by atoms with Crippen molar-refractivity contribution in [3.63, 3.8) is 0 Å². The molecule has 0 aromatic heterocycles. The average Bonchev–Trinajstić information content (AvgIpc) is 2.35. The summed E-state index contributed by atoms with van der Waals surface area (Å²) in [4.78, 5) is 2.65. The first-order chi connectivity index (χ1) is 7.86. The molecule has 1 saturated heterocycles. The van der Waals surface area contributed by atoms with Crippen molar-refractivity contribution in [2.75, 3.05) is 26.8 Å². The van der Waals surface area contributed by atoms with Crippen LogP contribution in [0.25, 0.3) is 0 Å². The molecule has 0 aromatic rings. The summed E-state index contributed by atoms with van der Waals surface area (Å²) in [5, 5.41) is 0. The molecular formula is C13H26N2O. The lowest BCUT2D eigenvalue weighted by atomic mass is 9.78. The third kappa shape index (κ3) is 2.58. The van der Waals surface area contributed by atoms with Gasteiger partial charge in [-0.2, -0.15) is 0 Å². The number of nitrogens with zero attached hydrogens (tertiary/aromatic N) is 1. The van der Waals surface area contributed by atoms with E-state index in [1.54, 1.807) is 7.11 Å². The quantitative estimate of drug-likeness (QED) is 0.791. The molecule has 2 N–H and O–H groups in total. The maximum absolute atomic E-state index is 5.89. The van der Waals surface area contributed by atoms with Crippen molar-refractivity contribution in [2.24, 2.45) is 11.7 Å². The molecule has 0 bridgehead atoms. The Morgan fingerprint density at radius 1 is 1.25 bits per heavy atom. The zero-order valence-electron chi connectivity index (χ0n) is 10.5. The zero-order chi connectivity index (χ0) is 11.4. The number of rotatable bonds is 4. The van der Waals surface area contributed by atoms with E-state index in [-0.39, 0.29) is 0 Å². The molecular weight excluding hydrogens is 200 g/mol. The normalized spacial score (nSPS) is 33.4. The zero-order valence-corrected chi connectivity index (χ0v) is 10.5. The molecule has 0 radical (unpaired) electrons. The van der Waals surface area contributed by atoms with Gasteiger partial charge in [0.25, 0.3) is 0 Å². The van der Waals surface area contributed by atoms with Gasteiger partial charge in [-0.3, -0.25) is 4.90 Å². The Hall–Kier alpha value is -0.120. The molecule has 3 heteroatoms. The minimum Gasteiger partial charge on any atom is -0.383 e. The molecule has 2 rings (SSSR count). The van der Waals surface area contributed by atoms with Crippen LogP contribution < -0.4 is 5.73 Å².